The maximum Gasteiger partial charge on any atom is 0.234 e. The molecule has 0 fully saturated rings. The first-order valence-electron chi connectivity index (χ1n) is 8.97. The fraction of sp³-hybridized carbons (Fsp3) is 0.500. The van der Waals surface area contributed by atoms with Gasteiger partial charge in [-0.3, -0.25) is 14.4 Å². The Balaban J connectivity index is 1.74. The second-order valence-corrected chi connectivity index (χ2v) is 7.84. The fourth-order valence-electron chi connectivity index (χ4n) is 3.47. The molecular weight excluding hydrogens is 312 g/mol. The van der Waals surface area contributed by atoms with Gasteiger partial charge in [-0.25, -0.2) is 0 Å². The van der Waals surface area contributed by atoms with Gasteiger partial charge in [-0.1, -0.05) is 30.3 Å². The van der Waals surface area contributed by atoms with Crippen molar-refractivity contribution in [3.8, 4) is 11.3 Å². The molecule has 5 heteroatoms. The normalized spacial score (nSPS) is 15.5. The zero-order valence-corrected chi connectivity index (χ0v) is 15.7. The molecular formula is C20H28N4O. The van der Waals surface area contributed by atoms with E-state index in [0.29, 0.717) is 6.54 Å². The number of rotatable bonds is 3. The molecule has 0 saturated heterocycles. The smallest absolute Gasteiger partial charge is 0.234 e. The Labute approximate surface area is 150 Å². The number of benzene rings is 1. The molecule has 0 unspecified atom stereocenters. The van der Waals surface area contributed by atoms with E-state index in [-0.39, 0.29) is 11.4 Å². The molecule has 0 radical (unpaired) electrons. The molecule has 2 heterocycles. The lowest BCUT2D eigenvalue weighted by molar-refractivity contribution is -0.123. The molecule has 0 saturated carbocycles. The van der Waals surface area contributed by atoms with Crippen LogP contribution in [-0.4, -0.2) is 45.8 Å². The molecule has 0 aliphatic carbocycles. The summed E-state index contributed by atoms with van der Waals surface area (Å²) in [7, 11) is 2.02. The monoisotopic (exact) mass is 340 g/mol. The molecule has 5 nitrogen and oxygen atoms in total. The summed E-state index contributed by atoms with van der Waals surface area (Å²) in [5, 5.41) is 7.81. The molecule has 3 rings (SSSR count). The number of nitrogens with one attached hydrogen (secondary N) is 1. The van der Waals surface area contributed by atoms with Gasteiger partial charge in [0.1, 0.15) is 0 Å². The van der Waals surface area contributed by atoms with Crippen molar-refractivity contribution in [2.45, 2.75) is 39.2 Å². The predicted molar refractivity (Wildman–Crippen MR) is 100 cm³/mol. The van der Waals surface area contributed by atoms with Gasteiger partial charge in [-0.15, -0.1) is 0 Å². The Morgan fingerprint density at radius 1 is 1.16 bits per heavy atom. The SMILES string of the molecule is Cn1nc(-c2ccccc2)c2c1CCN(CC(=O)NC(C)(C)C)CC2. The third-order valence-electron chi connectivity index (χ3n) is 4.55. The van der Waals surface area contributed by atoms with Crippen LogP contribution in [0.4, 0.5) is 0 Å². The van der Waals surface area contributed by atoms with Crippen molar-refractivity contribution in [2.75, 3.05) is 19.6 Å². The predicted octanol–water partition coefficient (Wildman–Crippen LogP) is 2.40. The van der Waals surface area contributed by atoms with Crippen molar-refractivity contribution in [2.24, 2.45) is 7.05 Å². The molecule has 1 aromatic heterocycles. The van der Waals surface area contributed by atoms with Gasteiger partial charge in [0.15, 0.2) is 0 Å². The maximum absolute atomic E-state index is 12.2. The van der Waals surface area contributed by atoms with Crippen LogP contribution in [0.25, 0.3) is 11.3 Å². The first-order valence-corrected chi connectivity index (χ1v) is 8.97. The van der Waals surface area contributed by atoms with Crippen LogP contribution in [0.3, 0.4) is 0 Å². The summed E-state index contributed by atoms with van der Waals surface area (Å²) in [6.45, 7) is 8.27. The minimum atomic E-state index is -0.184. The Bertz CT molecular complexity index is 743. The van der Waals surface area contributed by atoms with Crippen LogP contribution < -0.4 is 5.32 Å². The summed E-state index contributed by atoms with van der Waals surface area (Å²) in [6, 6.07) is 10.4. The van der Waals surface area contributed by atoms with Crippen LogP contribution in [0.2, 0.25) is 0 Å². The number of carbonyl (C=O) groups is 1. The van der Waals surface area contributed by atoms with Crippen LogP contribution in [0.1, 0.15) is 32.0 Å². The van der Waals surface area contributed by atoms with Crippen LogP contribution in [-0.2, 0) is 24.7 Å². The number of aryl methyl sites for hydroxylation is 1. The van der Waals surface area contributed by atoms with E-state index < -0.39 is 0 Å². The number of nitrogens with zero attached hydrogens (tertiary/aromatic N) is 3. The van der Waals surface area contributed by atoms with E-state index in [4.69, 9.17) is 5.10 Å². The Morgan fingerprint density at radius 3 is 2.52 bits per heavy atom. The first kappa shape index (κ1) is 17.7. The van der Waals surface area contributed by atoms with Crippen molar-refractivity contribution in [1.82, 2.24) is 20.0 Å². The molecule has 1 aromatic carbocycles. The number of fused-ring (bicyclic) bond motifs is 1. The van der Waals surface area contributed by atoms with Crippen LogP contribution in [0, 0.1) is 0 Å². The standard InChI is InChI=1S/C20H28N4O/c1-20(2,3)21-18(25)14-24-12-10-16-17(11-13-24)23(4)22-19(16)15-8-6-5-7-9-15/h5-9H,10-14H2,1-4H3,(H,21,25). The van der Waals surface area contributed by atoms with E-state index in [0.717, 1.165) is 31.6 Å². The largest absolute Gasteiger partial charge is 0.350 e. The molecule has 2 aromatic rings. The average Bonchev–Trinajstić information content (AvgIpc) is 2.71. The van der Waals surface area contributed by atoms with Gasteiger partial charge in [0.2, 0.25) is 5.91 Å². The second kappa shape index (κ2) is 7.00. The minimum absolute atomic E-state index is 0.0971. The zero-order valence-electron chi connectivity index (χ0n) is 15.7. The third-order valence-corrected chi connectivity index (χ3v) is 4.55. The number of carbonyl (C=O) groups excluding carboxylic acids is 1. The molecule has 134 valence electrons. The van der Waals surface area contributed by atoms with Crippen LogP contribution >= 0.6 is 0 Å². The highest BCUT2D eigenvalue weighted by atomic mass is 16.2. The van der Waals surface area contributed by atoms with E-state index in [1.54, 1.807) is 0 Å². The zero-order chi connectivity index (χ0) is 18.0. The fourth-order valence-corrected chi connectivity index (χ4v) is 3.47. The molecule has 1 amide bonds. The Kier molecular flexibility index (Phi) is 4.95. The minimum Gasteiger partial charge on any atom is -0.350 e. The van der Waals surface area contributed by atoms with Crippen LogP contribution in [0.15, 0.2) is 30.3 Å². The number of hydrogen-bond donors (Lipinski definition) is 1. The van der Waals surface area contributed by atoms with Gasteiger partial charge in [-0.2, -0.15) is 5.10 Å². The summed E-state index contributed by atoms with van der Waals surface area (Å²) in [4.78, 5) is 14.5. The number of aromatic nitrogens is 2. The number of amides is 1. The number of hydrogen-bond acceptors (Lipinski definition) is 3. The summed E-state index contributed by atoms with van der Waals surface area (Å²) in [5.41, 5.74) is 4.68. The third kappa shape index (κ3) is 4.28. The molecule has 0 atom stereocenters. The highest BCUT2D eigenvalue weighted by Crippen LogP contribution is 2.27. The summed E-state index contributed by atoms with van der Waals surface area (Å²) >= 11 is 0. The Morgan fingerprint density at radius 2 is 1.84 bits per heavy atom. The van der Waals surface area contributed by atoms with E-state index in [1.807, 2.05) is 38.6 Å². The first-order chi connectivity index (χ1) is 11.8. The lowest BCUT2D eigenvalue weighted by Gasteiger charge is -2.24. The lowest BCUT2D eigenvalue weighted by atomic mass is 10.0. The van der Waals surface area contributed by atoms with Gasteiger partial charge in [-0.05, 0) is 27.2 Å². The maximum atomic E-state index is 12.2. The molecule has 25 heavy (non-hydrogen) atoms. The van der Waals surface area contributed by atoms with E-state index in [1.165, 1.54) is 16.8 Å². The summed E-state index contributed by atoms with van der Waals surface area (Å²) in [5.74, 6) is 0.0971. The molecule has 1 N–H and O–H groups in total. The van der Waals surface area contributed by atoms with Gasteiger partial charge in [0.25, 0.3) is 0 Å². The van der Waals surface area contributed by atoms with Gasteiger partial charge in [0.05, 0.1) is 12.2 Å². The van der Waals surface area contributed by atoms with Crippen molar-refractivity contribution in [3.05, 3.63) is 41.6 Å². The highest BCUT2D eigenvalue weighted by molar-refractivity contribution is 5.78. The van der Waals surface area contributed by atoms with E-state index in [2.05, 4.69) is 34.5 Å². The quantitative estimate of drug-likeness (QED) is 0.933. The molecule has 1 aliphatic rings. The van der Waals surface area contributed by atoms with E-state index in [9.17, 15) is 4.79 Å². The van der Waals surface area contributed by atoms with Crippen LogP contribution in [0.5, 0.6) is 0 Å². The lowest BCUT2D eigenvalue weighted by Crippen LogP contribution is -2.46. The van der Waals surface area contributed by atoms with Crippen molar-refractivity contribution in [3.63, 3.8) is 0 Å². The van der Waals surface area contributed by atoms with Crippen molar-refractivity contribution in [1.29, 1.82) is 0 Å². The molecule has 1 aliphatic heterocycles. The summed E-state index contributed by atoms with van der Waals surface area (Å²) in [6.07, 6.45) is 1.85. The van der Waals surface area contributed by atoms with Crippen molar-refractivity contribution >= 4 is 5.91 Å². The second-order valence-electron chi connectivity index (χ2n) is 7.84. The molecule has 0 spiro atoms. The van der Waals surface area contributed by atoms with E-state index >= 15 is 0 Å². The van der Waals surface area contributed by atoms with Gasteiger partial charge >= 0.3 is 0 Å². The van der Waals surface area contributed by atoms with Crippen molar-refractivity contribution < 1.29 is 4.79 Å². The summed E-state index contributed by atoms with van der Waals surface area (Å²) < 4.78 is 2.01. The molecule has 0 bridgehead atoms. The van der Waals surface area contributed by atoms with Gasteiger partial charge < -0.3 is 5.32 Å². The highest BCUT2D eigenvalue weighted by Gasteiger charge is 2.24. The van der Waals surface area contributed by atoms with Gasteiger partial charge in [0, 0.05) is 48.9 Å². The topological polar surface area (TPSA) is 50.2 Å². The Hall–Kier alpha value is -2.14. The average molecular weight is 340 g/mol.